The second-order valence-corrected chi connectivity index (χ2v) is 6.84. The maximum atomic E-state index is 12.5. The lowest BCUT2D eigenvalue weighted by molar-refractivity contribution is -0.0138. The van der Waals surface area contributed by atoms with Crippen molar-refractivity contribution in [3.8, 4) is 0 Å². The number of ether oxygens (including phenoxy) is 1. The molecular weight excluding hydrogens is 312 g/mol. The molecule has 2 unspecified atom stereocenters. The molecule has 6 heteroatoms. The van der Waals surface area contributed by atoms with Gasteiger partial charge in [0, 0.05) is 17.0 Å². The summed E-state index contributed by atoms with van der Waals surface area (Å²) in [6.45, 7) is 7.58. The van der Waals surface area contributed by atoms with Crippen LogP contribution in [0.4, 0.5) is 4.79 Å². The Morgan fingerprint density at radius 3 is 2.96 bits per heavy atom. The largest absolute Gasteiger partial charge is 0.466 e. The van der Waals surface area contributed by atoms with Gasteiger partial charge in [-0.15, -0.1) is 11.3 Å². The first-order valence-electron chi connectivity index (χ1n) is 7.82. The van der Waals surface area contributed by atoms with Crippen LogP contribution in [0.3, 0.4) is 0 Å². The second-order valence-electron chi connectivity index (χ2n) is 5.86. The smallest absolute Gasteiger partial charge is 0.318 e. The van der Waals surface area contributed by atoms with Gasteiger partial charge in [-0.05, 0) is 38.3 Å². The third-order valence-corrected chi connectivity index (χ3v) is 5.06. The van der Waals surface area contributed by atoms with Gasteiger partial charge in [0.1, 0.15) is 17.6 Å². The van der Waals surface area contributed by atoms with Gasteiger partial charge < -0.3 is 19.4 Å². The van der Waals surface area contributed by atoms with Crippen LogP contribution in [0.2, 0.25) is 0 Å². The number of carbonyl (C=O) groups is 1. The Kier molecular flexibility index (Phi) is 4.73. The molecule has 0 aliphatic carbocycles. The summed E-state index contributed by atoms with van der Waals surface area (Å²) >= 11 is 1.66. The number of hydrogen-bond donors (Lipinski definition) is 1. The zero-order chi connectivity index (χ0) is 16.4. The summed E-state index contributed by atoms with van der Waals surface area (Å²) in [6.07, 6.45) is -0.0253. The maximum Gasteiger partial charge on any atom is 0.318 e. The minimum Gasteiger partial charge on any atom is -0.466 e. The molecule has 5 nitrogen and oxygen atoms in total. The average molecular weight is 334 g/mol. The molecule has 2 aromatic rings. The highest BCUT2D eigenvalue weighted by Crippen LogP contribution is 2.26. The predicted molar refractivity (Wildman–Crippen MR) is 89.7 cm³/mol. The molecule has 3 heterocycles. The molecule has 0 bridgehead atoms. The van der Waals surface area contributed by atoms with Gasteiger partial charge in [0.25, 0.3) is 0 Å². The third-order valence-electron chi connectivity index (χ3n) is 4.10. The molecule has 0 radical (unpaired) electrons. The van der Waals surface area contributed by atoms with E-state index in [1.165, 1.54) is 0 Å². The monoisotopic (exact) mass is 334 g/mol. The van der Waals surface area contributed by atoms with Crippen molar-refractivity contribution in [1.29, 1.82) is 0 Å². The molecular formula is C17H22N2O3S. The van der Waals surface area contributed by atoms with Crippen LogP contribution < -0.4 is 5.32 Å². The number of nitrogens with zero attached hydrogens (tertiary/aromatic N) is 1. The fourth-order valence-corrected chi connectivity index (χ4v) is 3.68. The average Bonchev–Trinajstić information content (AvgIpc) is 3.17. The Morgan fingerprint density at radius 1 is 1.48 bits per heavy atom. The van der Waals surface area contributed by atoms with Crippen molar-refractivity contribution in [2.45, 2.75) is 32.9 Å². The van der Waals surface area contributed by atoms with Crippen LogP contribution in [0, 0.1) is 13.8 Å². The first-order valence-corrected chi connectivity index (χ1v) is 8.70. The summed E-state index contributed by atoms with van der Waals surface area (Å²) < 4.78 is 11.3. The topological polar surface area (TPSA) is 54.7 Å². The molecule has 23 heavy (non-hydrogen) atoms. The zero-order valence-electron chi connectivity index (χ0n) is 13.7. The third kappa shape index (κ3) is 3.59. The normalized spacial score (nSPS) is 19.6. The van der Waals surface area contributed by atoms with E-state index >= 15 is 0 Å². The number of nitrogens with one attached hydrogen (secondary N) is 1. The van der Waals surface area contributed by atoms with E-state index in [-0.39, 0.29) is 18.2 Å². The molecule has 1 saturated heterocycles. The Morgan fingerprint density at radius 2 is 2.30 bits per heavy atom. The predicted octanol–water partition coefficient (Wildman–Crippen LogP) is 3.80. The van der Waals surface area contributed by atoms with Crippen molar-refractivity contribution in [2.75, 3.05) is 19.7 Å². The van der Waals surface area contributed by atoms with E-state index in [0.717, 1.165) is 22.0 Å². The SMILES string of the molecule is Cc1cc(C(C)NC(=O)N2CCOC(c3cccs3)C2)c(C)o1. The molecule has 1 aliphatic heterocycles. The van der Waals surface area contributed by atoms with Crippen LogP contribution in [0.5, 0.6) is 0 Å². The molecule has 3 rings (SSSR count). The Labute approximate surface area is 140 Å². The molecule has 0 spiro atoms. The van der Waals surface area contributed by atoms with E-state index < -0.39 is 0 Å². The van der Waals surface area contributed by atoms with Gasteiger partial charge in [0.15, 0.2) is 0 Å². The highest BCUT2D eigenvalue weighted by atomic mass is 32.1. The standard InChI is InChI=1S/C17H22N2O3S/c1-11-9-14(13(3)22-11)12(2)18-17(20)19-6-7-21-15(10-19)16-5-4-8-23-16/h4-5,8-9,12,15H,6-7,10H2,1-3H3,(H,18,20). The summed E-state index contributed by atoms with van der Waals surface area (Å²) in [7, 11) is 0. The summed E-state index contributed by atoms with van der Waals surface area (Å²) in [6, 6.07) is 5.91. The Bertz CT molecular complexity index is 665. The number of aryl methyl sites for hydroxylation is 2. The van der Waals surface area contributed by atoms with Gasteiger partial charge in [-0.1, -0.05) is 6.07 Å². The lowest BCUT2D eigenvalue weighted by Crippen LogP contribution is -2.47. The fourth-order valence-electron chi connectivity index (χ4n) is 2.91. The van der Waals surface area contributed by atoms with Crippen molar-refractivity contribution < 1.29 is 13.9 Å². The van der Waals surface area contributed by atoms with Gasteiger partial charge in [0.2, 0.25) is 0 Å². The van der Waals surface area contributed by atoms with E-state index in [2.05, 4.69) is 11.4 Å². The number of carbonyl (C=O) groups excluding carboxylic acids is 1. The lowest BCUT2D eigenvalue weighted by Gasteiger charge is -2.33. The van der Waals surface area contributed by atoms with Gasteiger partial charge >= 0.3 is 6.03 Å². The van der Waals surface area contributed by atoms with Crippen molar-refractivity contribution >= 4 is 17.4 Å². The van der Waals surface area contributed by atoms with Gasteiger partial charge in [-0.2, -0.15) is 0 Å². The molecule has 124 valence electrons. The number of amides is 2. The van der Waals surface area contributed by atoms with E-state index in [1.807, 2.05) is 43.2 Å². The number of thiophene rings is 1. The summed E-state index contributed by atoms with van der Waals surface area (Å²) in [4.78, 5) is 15.5. The summed E-state index contributed by atoms with van der Waals surface area (Å²) in [5.74, 6) is 1.72. The number of hydrogen-bond acceptors (Lipinski definition) is 4. The highest BCUT2D eigenvalue weighted by Gasteiger charge is 2.27. The van der Waals surface area contributed by atoms with E-state index in [4.69, 9.17) is 9.15 Å². The van der Waals surface area contributed by atoms with Crippen molar-refractivity contribution in [3.63, 3.8) is 0 Å². The van der Waals surface area contributed by atoms with Gasteiger partial charge in [0.05, 0.1) is 19.2 Å². The molecule has 1 fully saturated rings. The Balaban J connectivity index is 1.62. The maximum absolute atomic E-state index is 12.5. The zero-order valence-corrected chi connectivity index (χ0v) is 14.5. The van der Waals surface area contributed by atoms with Gasteiger partial charge in [-0.25, -0.2) is 4.79 Å². The summed E-state index contributed by atoms with van der Waals surface area (Å²) in [5.41, 5.74) is 1.03. The number of urea groups is 1. The van der Waals surface area contributed by atoms with Crippen molar-refractivity contribution in [3.05, 3.63) is 45.5 Å². The summed E-state index contributed by atoms with van der Waals surface area (Å²) in [5, 5.41) is 5.09. The number of furan rings is 1. The molecule has 1 aliphatic rings. The molecule has 2 aromatic heterocycles. The van der Waals surface area contributed by atoms with Crippen LogP contribution in [0.15, 0.2) is 28.0 Å². The second kappa shape index (κ2) is 6.76. The van der Waals surface area contributed by atoms with Crippen molar-refractivity contribution in [1.82, 2.24) is 10.2 Å². The van der Waals surface area contributed by atoms with Crippen LogP contribution >= 0.6 is 11.3 Å². The highest BCUT2D eigenvalue weighted by molar-refractivity contribution is 7.10. The first kappa shape index (κ1) is 16.1. The number of rotatable bonds is 3. The lowest BCUT2D eigenvalue weighted by atomic mass is 10.1. The van der Waals surface area contributed by atoms with E-state index in [1.54, 1.807) is 11.3 Å². The minimum atomic E-state index is -0.0806. The fraction of sp³-hybridized carbons (Fsp3) is 0.471. The minimum absolute atomic E-state index is 0.0253. The van der Waals surface area contributed by atoms with E-state index in [9.17, 15) is 4.79 Å². The molecule has 2 atom stereocenters. The van der Waals surface area contributed by atoms with Crippen molar-refractivity contribution in [2.24, 2.45) is 0 Å². The quantitative estimate of drug-likeness (QED) is 0.929. The molecule has 0 saturated carbocycles. The Hall–Kier alpha value is -1.79. The van der Waals surface area contributed by atoms with E-state index in [0.29, 0.717) is 19.7 Å². The number of morpholine rings is 1. The first-order chi connectivity index (χ1) is 11.0. The van der Waals surface area contributed by atoms with Crippen LogP contribution in [-0.4, -0.2) is 30.6 Å². The molecule has 0 aromatic carbocycles. The van der Waals surface area contributed by atoms with Gasteiger partial charge in [-0.3, -0.25) is 0 Å². The van der Waals surface area contributed by atoms with Crippen LogP contribution in [-0.2, 0) is 4.74 Å². The molecule has 1 N–H and O–H groups in total. The molecule has 2 amide bonds. The van der Waals surface area contributed by atoms with Crippen LogP contribution in [0.25, 0.3) is 0 Å². The van der Waals surface area contributed by atoms with Crippen LogP contribution in [0.1, 0.15) is 41.0 Å².